The van der Waals surface area contributed by atoms with Crippen molar-refractivity contribution in [2.75, 3.05) is 0 Å². The van der Waals surface area contributed by atoms with E-state index in [2.05, 4.69) is 25.9 Å². The van der Waals surface area contributed by atoms with Crippen LogP contribution in [0.15, 0.2) is 16.6 Å². The molecule has 0 spiro atoms. The third kappa shape index (κ3) is 2.11. The van der Waals surface area contributed by atoms with Crippen molar-refractivity contribution >= 4 is 61.8 Å². The molecular weight excluding hydrogens is 322 g/mol. The number of benzene rings is 1. The Morgan fingerprint density at radius 2 is 2.00 bits per heavy atom. The maximum atomic E-state index is 5.75. The first-order valence-electron chi connectivity index (χ1n) is 4.11. The number of aryl methyl sites for hydroxylation is 1. The molecule has 0 atom stereocenters. The van der Waals surface area contributed by atoms with E-state index in [-0.39, 0.29) is 0 Å². The summed E-state index contributed by atoms with van der Waals surface area (Å²) >= 11 is 20.7. The molecule has 0 fully saturated rings. The van der Waals surface area contributed by atoms with Crippen molar-refractivity contribution in [1.82, 2.24) is 9.97 Å². The fourth-order valence-corrected chi connectivity index (χ4v) is 1.91. The number of H-pyrrole nitrogens is 1. The Balaban J connectivity index is 2.72. The minimum Gasteiger partial charge on any atom is -0.338 e. The van der Waals surface area contributed by atoms with Gasteiger partial charge in [0, 0.05) is 4.47 Å². The van der Waals surface area contributed by atoms with Gasteiger partial charge in [-0.15, -0.1) is 0 Å². The van der Waals surface area contributed by atoms with Gasteiger partial charge in [0.15, 0.2) is 5.82 Å². The zero-order valence-electron chi connectivity index (χ0n) is 7.61. The van der Waals surface area contributed by atoms with E-state index >= 15 is 0 Å². The monoisotopic (exact) mass is 326 g/mol. The van der Waals surface area contributed by atoms with Crippen molar-refractivity contribution in [2.24, 2.45) is 0 Å². The molecule has 2 rings (SSSR count). The molecule has 1 heterocycles. The smallest absolute Gasteiger partial charge is 0.248 e. The van der Waals surface area contributed by atoms with Crippen LogP contribution in [-0.2, 0) is 3.79 Å². The van der Waals surface area contributed by atoms with Crippen LogP contribution in [0.5, 0.6) is 0 Å². The zero-order valence-corrected chi connectivity index (χ0v) is 11.5. The second-order valence-electron chi connectivity index (χ2n) is 3.15. The van der Waals surface area contributed by atoms with Crippen LogP contribution in [0.1, 0.15) is 11.4 Å². The van der Waals surface area contributed by atoms with E-state index in [1.807, 2.05) is 19.1 Å². The summed E-state index contributed by atoms with van der Waals surface area (Å²) in [6.07, 6.45) is 0. The number of rotatable bonds is 0. The Bertz CT molecular complexity index is 516. The lowest BCUT2D eigenvalue weighted by Crippen LogP contribution is -2.02. The van der Waals surface area contributed by atoms with Gasteiger partial charge in [-0.05, 0) is 24.6 Å². The lowest BCUT2D eigenvalue weighted by molar-refractivity contribution is 1.05. The molecule has 0 radical (unpaired) electrons. The topological polar surface area (TPSA) is 28.7 Å². The number of nitrogens with one attached hydrogen (secondary N) is 1. The lowest BCUT2D eigenvalue weighted by atomic mass is 10.2. The van der Waals surface area contributed by atoms with Crippen molar-refractivity contribution in [3.63, 3.8) is 0 Å². The Morgan fingerprint density at radius 1 is 1.33 bits per heavy atom. The predicted molar refractivity (Wildman–Crippen MR) is 67.8 cm³/mol. The van der Waals surface area contributed by atoms with Gasteiger partial charge in [0.05, 0.1) is 11.0 Å². The second-order valence-corrected chi connectivity index (χ2v) is 6.29. The first-order valence-corrected chi connectivity index (χ1v) is 6.04. The third-order valence-corrected chi connectivity index (χ3v) is 3.51. The van der Waals surface area contributed by atoms with E-state index in [0.29, 0.717) is 5.82 Å². The summed E-state index contributed by atoms with van der Waals surface area (Å²) in [5.41, 5.74) is 2.69. The summed E-state index contributed by atoms with van der Waals surface area (Å²) in [7, 11) is 0. The Labute approximate surface area is 110 Å². The molecule has 6 heteroatoms. The predicted octanol–water partition coefficient (Wildman–Crippen LogP) is 4.46. The van der Waals surface area contributed by atoms with Crippen molar-refractivity contribution in [1.29, 1.82) is 0 Å². The maximum absolute atomic E-state index is 5.75. The highest BCUT2D eigenvalue weighted by Crippen LogP contribution is 2.37. The first-order chi connectivity index (χ1) is 6.89. The molecule has 0 aliphatic carbocycles. The molecule has 0 aliphatic rings. The van der Waals surface area contributed by atoms with E-state index in [1.54, 1.807) is 0 Å². The van der Waals surface area contributed by atoms with Crippen LogP contribution >= 0.6 is 50.7 Å². The van der Waals surface area contributed by atoms with E-state index in [4.69, 9.17) is 34.8 Å². The number of imidazole rings is 1. The average Bonchev–Trinajstić information content (AvgIpc) is 2.55. The van der Waals surface area contributed by atoms with Crippen molar-refractivity contribution in [3.05, 3.63) is 28.0 Å². The van der Waals surface area contributed by atoms with E-state index in [0.717, 1.165) is 21.1 Å². The largest absolute Gasteiger partial charge is 0.338 e. The summed E-state index contributed by atoms with van der Waals surface area (Å²) in [5.74, 6) is 0.337. The SMILES string of the molecule is Cc1c(Br)ccc2[nH]c(C(Cl)(Cl)Cl)nc12. The molecule has 0 amide bonds. The van der Waals surface area contributed by atoms with Crippen LogP contribution in [0, 0.1) is 6.92 Å². The summed E-state index contributed by atoms with van der Waals surface area (Å²) in [5, 5.41) is 0. The number of hydrogen-bond acceptors (Lipinski definition) is 1. The third-order valence-electron chi connectivity index (χ3n) is 2.11. The fourth-order valence-electron chi connectivity index (χ4n) is 1.32. The second kappa shape index (κ2) is 3.81. The van der Waals surface area contributed by atoms with Gasteiger partial charge in [-0.2, -0.15) is 0 Å². The van der Waals surface area contributed by atoms with Gasteiger partial charge in [0.1, 0.15) is 0 Å². The number of halogens is 4. The van der Waals surface area contributed by atoms with E-state index in [9.17, 15) is 0 Å². The lowest BCUT2D eigenvalue weighted by Gasteiger charge is -2.04. The molecule has 2 aromatic rings. The molecule has 1 N–H and O–H groups in total. The van der Waals surface area contributed by atoms with E-state index < -0.39 is 3.79 Å². The molecule has 0 aliphatic heterocycles. The highest BCUT2D eigenvalue weighted by atomic mass is 79.9. The van der Waals surface area contributed by atoms with Crippen LogP contribution in [0.4, 0.5) is 0 Å². The highest BCUT2D eigenvalue weighted by Gasteiger charge is 2.27. The van der Waals surface area contributed by atoms with Crippen LogP contribution < -0.4 is 0 Å². The van der Waals surface area contributed by atoms with Gasteiger partial charge in [0.25, 0.3) is 0 Å². The van der Waals surface area contributed by atoms with Crippen LogP contribution in [0.25, 0.3) is 11.0 Å². The Hall–Kier alpha value is 0.0400. The fraction of sp³-hybridized carbons (Fsp3) is 0.222. The molecule has 0 saturated carbocycles. The molecule has 15 heavy (non-hydrogen) atoms. The minimum atomic E-state index is -1.52. The number of aromatic nitrogens is 2. The highest BCUT2D eigenvalue weighted by molar-refractivity contribution is 9.10. The normalized spacial score (nSPS) is 12.3. The standard InChI is InChI=1S/C9H6BrCl3N2/c1-4-5(10)2-3-6-7(4)15-8(14-6)9(11,12)13/h2-3H,1H3,(H,14,15). The van der Waals surface area contributed by atoms with Crippen molar-refractivity contribution < 1.29 is 0 Å². The quantitative estimate of drug-likeness (QED) is 0.711. The number of nitrogens with zero attached hydrogens (tertiary/aromatic N) is 1. The van der Waals surface area contributed by atoms with Crippen molar-refractivity contribution in [3.8, 4) is 0 Å². The molecule has 1 aromatic heterocycles. The van der Waals surface area contributed by atoms with Crippen LogP contribution in [-0.4, -0.2) is 9.97 Å². The van der Waals surface area contributed by atoms with Gasteiger partial charge in [-0.3, -0.25) is 0 Å². The number of hydrogen-bond donors (Lipinski definition) is 1. The summed E-state index contributed by atoms with van der Waals surface area (Å²) in [6.45, 7) is 1.95. The van der Waals surface area contributed by atoms with Gasteiger partial charge in [0.2, 0.25) is 3.79 Å². The molecule has 1 aromatic carbocycles. The van der Waals surface area contributed by atoms with Crippen molar-refractivity contribution in [2.45, 2.75) is 10.7 Å². The Morgan fingerprint density at radius 3 is 2.60 bits per heavy atom. The first kappa shape index (κ1) is 11.5. The summed E-state index contributed by atoms with van der Waals surface area (Å²) < 4.78 is -0.532. The van der Waals surface area contributed by atoms with Gasteiger partial charge >= 0.3 is 0 Å². The molecule has 0 bridgehead atoms. The zero-order chi connectivity index (χ0) is 11.2. The molecular formula is C9H6BrCl3N2. The molecule has 0 saturated heterocycles. The summed E-state index contributed by atoms with van der Waals surface area (Å²) in [4.78, 5) is 7.24. The van der Waals surface area contributed by atoms with Gasteiger partial charge in [-0.25, -0.2) is 4.98 Å². The van der Waals surface area contributed by atoms with Crippen LogP contribution in [0.2, 0.25) is 0 Å². The van der Waals surface area contributed by atoms with Crippen LogP contribution in [0.3, 0.4) is 0 Å². The minimum absolute atomic E-state index is 0.337. The molecule has 2 nitrogen and oxygen atoms in total. The van der Waals surface area contributed by atoms with Gasteiger partial charge in [-0.1, -0.05) is 50.7 Å². The molecule has 80 valence electrons. The number of fused-ring (bicyclic) bond motifs is 1. The number of aromatic amines is 1. The Kier molecular flexibility index (Phi) is 2.93. The number of alkyl halides is 3. The van der Waals surface area contributed by atoms with E-state index in [1.165, 1.54) is 0 Å². The maximum Gasteiger partial charge on any atom is 0.248 e. The summed E-state index contributed by atoms with van der Waals surface area (Å²) in [6, 6.07) is 3.82. The average molecular weight is 328 g/mol. The molecule has 0 unspecified atom stereocenters. The van der Waals surface area contributed by atoms with Gasteiger partial charge < -0.3 is 4.98 Å².